The molecule has 1 aromatic heterocycles. The number of nitrogens with zero attached hydrogens (tertiary/aromatic N) is 2. The summed E-state index contributed by atoms with van der Waals surface area (Å²) < 4.78 is 2.45. The van der Waals surface area contributed by atoms with Gasteiger partial charge in [0.15, 0.2) is 0 Å². The van der Waals surface area contributed by atoms with Crippen molar-refractivity contribution in [3.63, 3.8) is 0 Å². The molecule has 6 nitrogen and oxygen atoms in total. The highest BCUT2D eigenvalue weighted by Gasteiger charge is 2.17. The number of nitrogens with one attached hydrogen (secondary N) is 1. The van der Waals surface area contributed by atoms with E-state index < -0.39 is 11.2 Å². The van der Waals surface area contributed by atoms with Gasteiger partial charge in [-0.1, -0.05) is 49.6 Å². The second-order valence-electron chi connectivity index (χ2n) is 6.54. The normalized spacial score (nSPS) is 15.0. The largest absolute Gasteiger partial charge is 0.352 e. The molecule has 0 aliphatic heterocycles. The van der Waals surface area contributed by atoms with Gasteiger partial charge in [0.05, 0.1) is 6.54 Å². The molecule has 25 heavy (non-hydrogen) atoms. The van der Waals surface area contributed by atoms with E-state index in [4.69, 9.17) is 0 Å². The highest BCUT2D eigenvalue weighted by atomic mass is 16.2. The standard InChI is InChI=1S/C19H23N3O3/c23-17(20-16-9-5-2-6-10-16)14-22-18(24)11-12-21(19(22)25)13-15-7-3-1-4-8-15/h1,3-4,7-8,11-12,16H,2,5-6,9-10,13-14H2,(H,20,23). The first-order chi connectivity index (χ1) is 12.1. The Bertz CT molecular complexity index is 833. The highest BCUT2D eigenvalue weighted by molar-refractivity contribution is 5.76. The maximum Gasteiger partial charge on any atom is 0.331 e. The van der Waals surface area contributed by atoms with E-state index in [0.29, 0.717) is 6.54 Å². The predicted molar refractivity (Wildman–Crippen MR) is 95.5 cm³/mol. The first kappa shape index (κ1) is 17.2. The van der Waals surface area contributed by atoms with Gasteiger partial charge < -0.3 is 5.32 Å². The topological polar surface area (TPSA) is 73.1 Å². The SMILES string of the molecule is O=C(Cn1c(=O)ccn(Cc2ccccc2)c1=O)NC1CCCCC1. The van der Waals surface area contributed by atoms with Crippen LogP contribution in [-0.2, 0) is 17.9 Å². The maximum atomic E-state index is 12.6. The van der Waals surface area contributed by atoms with Crippen molar-refractivity contribution in [3.8, 4) is 0 Å². The number of carbonyl (C=O) groups excluding carboxylic acids is 1. The summed E-state index contributed by atoms with van der Waals surface area (Å²) in [6.07, 6.45) is 6.84. The summed E-state index contributed by atoms with van der Waals surface area (Å²) in [5.41, 5.74) is 0.0460. The molecule has 1 aromatic carbocycles. The Balaban J connectivity index is 1.74. The van der Waals surface area contributed by atoms with Crippen molar-refractivity contribution in [2.75, 3.05) is 0 Å². The molecule has 6 heteroatoms. The number of carbonyl (C=O) groups is 1. The minimum Gasteiger partial charge on any atom is -0.352 e. The highest BCUT2D eigenvalue weighted by Crippen LogP contribution is 2.17. The number of rotatable bonds is 5. The van der Waals surface area contributed by atoms with E-state index in [1.165, 1.54) is 23.3 Å². The van der Waals surface area contributed by atoms with Crippen molar-refractivity contribution in [1.82, 2.24) is 14.5 Å². The molecule has 1 N–H and O–H groups in total. The molecule has 0 radical (unpaired) electrons. The van der Waals surface area contributed by atoms with E-state index in [9.17, 15) is 14.4 Å². The van der Waals surface area contributed by atoms with Gasteiger partial charge in [0.2, 0.25) is 5.91 Å². The molecule has 1 heterocycles. The molecule has 1 aliphatic carbocycles. The molecule has 0 spiro atoms. The zero-order chi connectivity index (χ0) is 17.6. The summed E-state index contributed by atoms with van der Waals surface area (Å²) in [4.78, 5) is 36.8. The van der Waals surface area contributed by atoms with Gasteiger partial charge in [-0.25, -0.2) is 4.79 Å². The fourth-order valence-corrected chi connectivity index (χ4v) is 3.27. The van der Waals surface area contributed by atoms with Crippen molar-refractivity contribution in [1.29, 1.82) is 0 Å². The molecule has 0 saturated heterocycles. The van der Waals surface area contributed by atoms with Crippen LogP contribution < -0.4 is 16.6 Å². The third-order valence-corrected chi connectivity index (χ3v) is 4.61. The second-order valence-corrected chi connectivity index (χ2v) is 6.54. The molecule has 0 unspecified atom stereocenters. The summed E-state index contributed by atoms with van der Waals surface area (Å²) in [5, 5.41) is 2.94. The van der Waals surface area contributed by atoms with Crippen molar-refractivity contribution < 1.29 is 4.79 Å². The van der Waals surface area contributed by atoms with Gasteiger partial charge >= 0.3 is 5.69 Å². The maximum absolute atomic E-state index is 12.6. The smallest absolute Gasteiger partial charge is 0.331 e. The first-order valence-electron chi connectivity index (χ1n) is 8.77. The third kappa shape index (κ3) is 4.47. The molecule has 0 atom stereocenters. The number of hydrogen-bond acceptors (Lipinski definition) is 3. The monoisotopic (exact) mass is 341 g/mol. The van der Waals surface area contributed by atoms with Crippen molar-refractivity contribution in [2.45, 2.75) is 51.2 Å². The summed E-state index contributed by atoms with van der Waals surface area (Å²) in [5.74, 6) is -0.274. The van der Waals surface area contributed by atoms with Gasteiger partial charge in [-0.2, -0.15) is 0 Å². The molecular weight excluding hydrogens is 318 g/mol. The van der Waals surface area contributed by atoms with Gasteiger partial charge in [0.1, 0.15) is 6.54 Å². The number of hydrogen-bond donors (Lipinski definition) is 1. The van der Waals surface area contributed by atoms with Gasteiger partial charge in [0.25, 0.3) is 5.56 Å². The van der Waals surface area contributed by atoms with Crippen LogP contribution >= 0.6 is 0 Å². The Hall–Kier alpha value is -2.63. The molecule has 1 saturated carbocycles. The zero-order valence-corrected chi connectivity index (χ0v) is 14.2. The van der Waals surface area contributed by atoms with E-state index in [2.05, 4.69) is 5.32 Å². The van der Waals surface area contributed by atoms with Crippen LogP contribution in [0.3, 0.4) is 0 Å². The van der Waals surface area contributed by atoms with Gasteiger partial charge in [-0.15, -0.1) is 0 Å². The van der Waals surface area contributed by atoms with E-state index in [0.717, 1.165) is 35.8 Å². The van der Waals surface area contributed by atoms with Crippen LogP contribution in [0.1, 0.15) is 37.7 Å². The molecule has 2 aromatic rings. The first-order valence-corrected chi connectivity index (χ1v) is 8.77. The molecule has 1 amide bonds. The second kappa shape index (κ2) is 7.96. The molecule has 1 fully saturated rings. The third-order valence-electron chi connectivity index (χ3n) is 4.61. The molecule has 0 bridgehead atoms. The lowest BCUT2D eigenvalue weighted by atomic mass is 9.95. The Labute approximate surface area is 146 Å². The Kier molecular flexibility index (Phi) is 5.48. The van der Waals surface area contributed by atoms with Crippen LogP contribution in [-0.4, -0.2) is 21.1 Å². The van der Waals surface area contributed by atoms with Crippen LogP contribution in [0, 0.1) is 0 Å². The summed E-state index contributed by atoms with van der Waals surface area (Å²) >= 11 is 0. The van der Waals surface area contributed by atoms with Crippen molar-refractivity contribution in [2.24, 2.45) is 0 Å². The zero-order valence-electron chi connectivity index (χ0n) is 14.2. The Morgan fingerprint density at radius 3 is 2.48 bits per heavy atom. The molecule has 132 valence electrons. The van der Waals surface area contributed by atoms with Crippen molar-refractivity contribution in [3.05, 3.63) is 69.0 Å². The minimum absolute atomic E-state index is 0.159. The summed E-state index contributed by atoms with van der Waals surface area (Å²) in [6, 6.07) is 11.0. The summed E-state index contributed by atoms with van der Waals surface area (Å²) in [7, 11) is 0. The lowest BCUT2D eigenvalue weighted by Gasteiger charge is -2.22. The lowest BCUT2D eigenvalue weighted by molar-refractivity contribution is -0.122. The lowest BCUT2D eigenvalue weighted by Crippen LogP contribution is -2.45. The Morgan fingerprint density at radius 2 is 1.76 bits per heavy atom. The van der Waals surface area contributed by atoms with E-state index in [1.54, 1.807) is 0 Å². The van der Waals surface area contributed by atoms with Crippen LogP contribution in [0.4, 0.5) is 0 Å². The average Bonchev–Trinajstić information content (AvgIpc) is 2.63. The van der Waals surface area contributed by atoms with Gasteiger partial charge in [-0.3, -0.25) is 18.7 Å². The van der Waals surface area contributed by atoms with Crippen LogP contribution in [0.25, 0.3) is 0 Å². The molecule has 1 aliphatic rings. The van der Waals surface area contributed by atoms with E-state index in [-0.39, 0.29) is 18.5 Å². The van der Waals surface area contributed by atoms with Crippen LogP contribution in [0.15, 0.2) is 52.2 Å². The van der Waals surface area contributed by atoms with Gasteiger partial charge in [-0.05, 0) is 18.4 Å². The predicted octanol–water partition coefficient (Wildman–Crippen LogP) is 1.51. The number of amides is 1. The Morgan fingerprint density at radius 1 is 1.04 bits per heavy atom. The average molecular weight is 341 g/mol. The quantitative estimate of drug-likeness (QED) is 0.896. The van der Waals surface area contributed by atoms with Gasteiger partial charge in [0, 0.05) is 18.3 Å². The number of benzene rings is 1. The minimum atomic E-state index is -0.463. The molecule has 3 rings (SSSR count). The van der Waals surface area contributed by atoms with Crippen LogP contribution in [0.2, 0.25) is 0 Å². The van der Waals surface area contributed by atoms with E-state index >= 15 is 0 Å². The fraction of sp³-hybridized carbons (Fsp3) is 0.421. The number of aromatic nitrogens is 2. The van der Waals surface area contributed by atoms with Crippen molar-refractivity contribution >= 4 is 5.91 Å². The molecular formula is C19H23N3O3. The van der Waals surface area contributed by atoms with Crippen LogP contribution in [0.5, 0.6) is 0 Å². The fourth-order valence-electron chi connectivity index (χ4n) is 3.27. The van der Waals surface area contributed by atoms with E-state index in [1.807, 2.05) is 30.3 Å². The summed E-state index contributed by atoms with van der Waals surface area (Å²) in [6.45, 7) is 0.133.